The summed E-state index contributed by atoms with van der Waals surface area (Å²) in [6, 6.07) is 2.10. The van der Waals surface area contributed by atoms with E-state index in [1.807, 2.05) is 0 Å². The molecule has 2 fully saturated rings. The van der Waals surface area contributed by atoms with Gasteiger partial charge < -0.3 is 10.0 Å². The van der Waals surface area contributed by atoms with Gasteiger partial charge in [-0.15, -0.1) is 0 Å². The molecule has 19 heavy (non-hydrogen) atoms. The zero-order chi connectivity index (χ0) is 13.7. The first-order valence-corrected chi connectivity index (χ1v) is 7.23. The molecule has 104 valence electrons. The minimum atomic E-state index is -0.818. The van der Waals surface area contributed by atoms with E-state index in [4.69, 9.17) is 10.4 Å². The molecule has 1 aliphatic heterocycles. The number of nitriles is 1. The zero-order valence-corrected chi connectivity index (χ0v) is 11.3. The molecule has 2 aliphatic rings. The number of carboxylic acid groups (broad SMARTS) is 1. The smallest absolute Gasteiger partial charge is 0.407 e. The van der Waals surface area contributed by atoms with E-state index in [1.54, 1.807) is 6.08 Å². The van der Waals surface area contributed by atoms with Gasteiger partial charge in [-0.1, -0.05) is 25.3 Å². The number of allylic oxidation sites excluding steroid dienone is 2. The van der Waals surface area contributed by atoms with Crippen LogP contribution < -0.4 is 0 Å². The molecule has 0 aromatic heterocycles. The Labute approximate surface area is 114 Å². The van der Waals surface area contributed by atoms with Gasteiger partial charge in [-0.2, -0.15) is 5.26 Å². The van der Waals surface area contributed by atoms with E-state index in [0.29, 0.717) is 19.0 Å². The van der Waals surface area contributed by atoms with Crippen LogP contribution in [0.25, 0.3) is 0 Å². The van der Waals surface area contributed by atoms with E-state index in [9.17, 15) is 4.79 Å². The van der Waals surface area contributed by atoms with Crippen LogP contribution in [0.5, 0.6) is 0 Å². The molecule has 0 atom stereocenters. The maximum atomic E-state index is 11.0. The summed E-state index contributed by atoms with van der Waals surface area (Å²) < 4.78 is 0. The van der Waals surface area contributed by atoms with Crippen molar-refractivity contribution in [2.24, 2.45) is 11.3 Å². The highest BCUT2D eigenvalue weighted by Crippen LogP contribution is 2.46. The first-order valence-electron chi connectivity index (χ1n) is 7.23. The Morgan fingerprint density at radius 1 is 1.26 bits per heavy atom. The predicted molar refractivity (Wildman–Crippen MR) is 72.6 cm³/mol. The van der Waals surface area contributed by atoms with Gasteiger partial charge in [-0.3, -0.25) is 0 Å². The normalized spacial score (nSPS) is 24.3. The van der Waals surface area contributed by atoms with Gasteiger partial charge in [0.1, 0.15) is 0 Å². The van der Waals surface area contributed by atoms with Crippen molar-refractivity contribution in [2.75, 3.05) is 13.1 Å². The van der Waals surface area contributed by atoms with E-state index in [1.165, 1.54) is 37.0 Å². The summed E-state index contributed by atoms with van der Waals surface area (Å²) >= 11 is 0. The van der Waals surface area contributed by atoms with Crippen LogP contribution in [-0.2, 0) is 0 Å². The topological polar surface area (TPSA) is 64.3 Å². The van der Waals surface area contributed by atoms with Crippen molar-refractivity contribution in [1.82, 2.24) is 4.90 Å². The second-order valence-electron chi connectivity index (χ2n) is 5.80. The summed E-state index contributed by atoms with van der Waals surface area (Å²) in [5.74, 6) is 0.627. The van der Waals surface area contributed by atoms with Gasteiger partial charge in [0.05, 0.1) is 6.07 Å². The standard InChI is InChI=1S/C15H22N2O2/c16-10-4-7-15(13-5-2-1-3-6-13)8-11-17(12-9-15)14(18)19/h4,7,13H,1-3,5-6,8-9,11-12H2,(H,18,19)/b7-4+. The van der Waals surface area contributed by atoms with Crippen LogP contribution in [0.2, 0.25) is 0 Å². The first kappa shape index (κ1) is 13.9. The van der Waals surface area contributed by atoms with Gasteiger partial charge in [-0.25, -0.2) is 4.79 Å². The Hall–Kier alpha value is -1.50. The number of amides is 1. The minimum absolute atomic E-state index is 0.0576. The van der Waals surface area contributed by atoms with Crippen molar-refractivity contribution in [1.29, 1.82) is 5.26 Å². The molecular formula is C15H22N2O2. The van der Waals surface area contributed by atoms with Gasteiger partial charge in [0.25, 0.3) is 0 Å². The van der Waals surface area contributed by atoms with Crippen molar-refractivity contribution in [2.45, 2.75) is 44.9 Å². The number of carbonyl (C=O) groups is 1. The van der Waals surface area contributed by atoms with Gasteiger partial charge >= 0.3 is 6.09 Å². The predicted octanol–water partition coefficient (Wildman–Crippen LogP) is 3.41. The SMILES string of the molecule is N#C/C=C/C1(C2CCCCC2)CCN(C(=O)O)CC1. The lowest BCUT2D eigenvalue weighted by atomic mass is 9.63. The molecule has 0 aromatic carbocycles. The van der Waals surface area contributed by atoms with E-state index in [-0.39, 0.29) is 5.41 Å². The molecule has 0 aromatic rings. The fourth-order valence-corrected chi connectivity index (χ4v) is 3.71. The molecule has 4 nitrogen and oxygen atoms in total. The van der Waals surface area contributed by atoms with E-state index >= 15 is 0 Å². The zero-order valence-electron chi connectivity index (χ0n) is 11.3. The summed E-state index contributed by atoms with van der Waals surface area (Å²) in [5, 5.41) is 17.9. The second-order valence-corrected chi connectivity index (χ2v) is 5.80. The fourth-order valence-electron chi connectivity index (χ4n) is 3.71. The van der Waals surface area contributed by atoms with Crippen LogP contribution in [-0.4, -0.2) is 29.2 Å². The van der Waals surface area contributed by atoms with Crippen molar-refractivity contribution in [3.8, 4) is 6.07 Å². The third-order valence-corrected chi connectivity index (χ3v) is 4.87. The minimum Gasteiger partial charge on any atom is -0.465 e. The molecule has 1 N–H and O–H groups in total. The summed E-state index contributed by atoms with van der Waals surface area (Å²) in [4.78, 5) is 12.5. The largest absolute Gasteiger partial charge is 0.465 e. The monoisotopic (exact) mass is 262 g/mol. The Kier molecular flexibility index (Phi) is 4.47. The van der Waals surface area contributed by atoms with Crippen molar-refractivity contribution >= 4 is 6.09 Å². The first-order chi connectivity index (χ1) is 9.18. The molecule has 0 spiro atoms. The molecular weight excluding hydrogens is 240 g/mol. The molecule has 1 saturated heterocycles. The van der Waals surface area contributed by atoms with Crippen molar-refractivity contribution < 1.29 is 9.90 Å². The maximum Gasteiger partial charge on any atom is 0.407 e. The number of rotatable bonds is 2. The third kappa shape index (κ3) is 3.09. The van der Waals surface area contributed by atoms with Crippen LogP contribution in [0.15, 0.2) is 12.2 Å². The fraction of sp³-hybridized carbons (Fsp3) is 0.733. The molecule has 1 saturated carbocycles. The van der Waals surface area contributed by atoms with Gasteiger partial charge in [0, 0.05) is 19.2 Å². The van der Waals surface area contributed by atoms with Gasteiger partial charge in [-0.05, 0) is 37.0 Å². The van der Waals surface area contributed by atoms with E-state index < -0.39 is 6.09 Å². The van der Waals surface area contributed by atoms with Crippen molar-refractivity contribution in [3.63, 3.8) is 0 Å². The number of piperidine rings is 1. The lowest BCUT2D eigenvalue weighted by molar-refractivity contribution is 0.0658. The molecule has 0 radical (unpaired) electrons. The van der Waals surface area contributed by atoms with Crippen LogP contribution >= 0.6 is 0 Å². The van der Waals surface area contributed by atoms with Crippen LogP contribution in [0.3, 0.4) is 0 Å². The highest BCUT2D eigenvalue weighted by molar-refractivity contribution is 5.65. The molecule has 1 amide bonds. The quantitative estimate of drug-likeness (QED) is 0.776. The summed E-state index contributed by atoms with van der Waals surface area (Å²) in [7, 11) is 0. The number of hydrogen-bond acceptors (Lipinski definition) is 2. The van der Waals surface area contributed by atoms with E-state index in [0.717, 1.165) is 12.8 Å². The summed E-state index contributed by atoms with van der Waals surface area (Å²) in [5.41, 5.74) is 0.0576. The average molecular weight is 262 g/mol. The highest BCUT2D eigenvalue weighted by atomic mass is 16.4. The number of hydrogen-bond donors (Lipinski definition) is 1. The summed E-state index contributed by atoms with van der Waals surface area (Å²) in [6.45, 7) is 1.20. The number of nitrogens with zero attached hydrogens (tertiary/aromatic N) is 2. The average Bonchev–Trinajstić information content (AvgIpc) is 2.46. The van der Waals surface area contributed by atoms with Crippen LogP contribution in [0.1, 0.15) is 44.9 Å². The Morgan fingerprint density at radius 3 is 2.42 bits per heavy atom. The molecule has 0 unspecified atom stereocenters. The van der Waals surface area contributed by atoms with Crippen LogP contribution in [0, 0.1) is 22.7 Å². The van der Waals surface area contributed by atoms with Crippen molar-refractivity contribution in [3.05, 3.63) is 12.2 Å². The molecule has 1 heterocycles. The molecule has 0 bridgehead atoms. The van der Waals surface area contributed by atoms with Gasteiger partial charge in [0.2, 0.25) is 0 Å². The Balaban J connectivity index is 2.10. The molecule has 2 rings (SSSR count). The number of likely N-dealkylation sites (tertiary alicyclic amines) is 1. The van der Waals surface area contributed by atoms with Gasteiger partial charge in [0.15, 0.2) is 0 Å². The Bertz CT molecular complexity index is 383. The third-order valence-electron chi connectivity index (χ3n) is 4.87. The summed E-state index contributed by atoms with van der Waals surface area (Å²) in [6.07, 6.45) is 10.9. The highest BCUT2D eigenvalue weighted by Gasteiger charge is 2.40. The Morgan fingerprint density at radius 2 is 1.89 bits per heavy atom. The lowest BCUT2D eigenvalue weighted by Crippen LogP contribution is -2.45. The molecule has 4 heteroatoms. The second kappa shape index (κ2) is 6.10. The van der Waals surface area contributed by atoms with Crippen LogP contribution in [0.4, 0.5) is 4.79 Å². The maximum absolute atomic E-state index is 11.0. The van der Waals surface area contributed by atoms with E-state index in [2.05, 4.69) is 12.1 Å². The lowest BCUT2D eigenvalue weighted by Gasteiger charge is -2.45. The molecule has 1 aliphatic carbocycles.